The van der Waals surface area contributed by atoms with Gasteiger partial charge in [-0.2, -0.15) is 0 Å². The zero-order chi connectivity index (χ0) is 15.7. The standard InChI is InChI=1S/C14H23N3O3S/c1-10-3-2-6-14(8-10,9-18)17-11-4-5-13(12(15)7-11)21(16,19)20/h4-5,7,10,17-18H,2-3,6,8-9,15H2,1H3,(H2,16,19,20). The van der Waals surface area contributed by atoms with Crippen molar-refractivity contribution in [2.75, 3.05) is 17.7 Å². The second-order valence-electron chi connectivity index (χ2n) is 6.06. The van der Waals surface area contributed by atoms with Crippen LogP contribution in [0, 0.1) is 5.92 Å². The number of nitrogens with two attached hydrogens (primary N) is 2. The number of aliphatic hydroxyl groups is 1. The maximum atomic E-state index is 11.4. The molecule has 6 N–H and O–H groups in total. The van der Waals surface area contributed by atoms with E-state index in [9.17, 15) is 13.5 Å². The van der Waals surface area contributed by atoms with Crippen molar-refractivity contribution >= 4 is 21.4 Å². The number of aliphatic hydroxyl groups excluding tert-OH is 1. The molecule has 2 atom stereocenters. The summed E-state index contributed by atoms with van der Waals surface area (Å²) in [6.45, 7) is 2.21. The molecule has 2 rings (SSSR count). The summed E-state index contributed by atoms with van der Waals surface area (Å²) in [4.78, 5) is -0.0805. The van der Waals surface area contributed by atoms with Crippen LogP contribution in [0.15, 0.2) is 23.1 Å². The van der Waals surface area contributed by atoms with Gasteiger partial charge < -0.3 is 16.2 Å². The lowest BCUT2D eigenvalue weighted by molar-refractivity contribution is 0.149. The zero-order valence-corrected chi connectivity index (χ0v) is 13.0. The van der Waals surface area contributed by atoms with E-state index in [-0.39, 0.29) is 22.7 Å². The molecule has 1 aromatic carbocycles. The van der Waals surface area contributed by atoms with Gasteiger partial charge in [0.1, 0.15) is 4.90 Å². The summed E-state index contributed by atoms with van der Waals surface area (Å²) < 4.78 is 22.7. The molecule has 1 aromatic rings. The van der Waals surface area contributed by atoms with Gasteiger partial charge in [-0.25, -0.2) is 13.6 Å². The molecule has 6 nitrogen and oxygen atoms in total. The summed E-state index contributed by atoms with van der Waals surface area (Å²) >= 11 is 0. The largest absolute Gasteiger partial charge is 0.398 e. The van der Waals surface area contributed by atoms with E-state index in [2.05, 4.69) is 12.2 Å². The third kappa shape index (κ3) is 3.66. The molecule has 0 saturated heterocycles. The number of sulfonamides is 1. The Balaban J connectivity index is 2.25. The highest BCUT2D eigenvalue weighted by Gasteiger charge is 2.34. The zero-order valence-electron chi connectivity index (χ0n) is 12.2. The highest BCUT2D eigenvalue weighted by Crippen LogP contribution is 2.35. The van der Waals surface area contributed by atoms with Gasteiger partial charge in [0.15, 0.2) is 0 Å². The van der Waals surface area contributed by atoms with Crippen LogP contribution in [0.1, 0.15) is 32.6 Å². The minimum Gasteiger partial charge on any atom is -0.398 e. The van der Waals surface area contributed by atoms with E-state index in [0.29, 0.717) is 11.6 Å². The molecule has 21 heavy (non-hydrogen) atoms. The summed E-state index contributed by atoms with van der Waals surface area (Å²) in [6, 6.07) is 4.58. The van der Waals surface area contributed by atoms with Gasteiger partial charge in [0, 0.05) is 5.69 Å². The van der Waals surface area contributed by atoms with Crippen LogP contribution in [-0.2, 0) is 10.0 Å². The van der Waals surface area contributed by atoms with Crippen LogP contribution in [0.4, 0.5) is 11.4 Å². The monoisotopic (exact) mass is 313 g/mol. The molecule has 2 unspecified atom stereocenters. The molecule has 0 aromatic heterocycles. The third-order valence-corrected chi connectivity index (χ3v) is 5.10. The summed E-state index contributed by atoms with van der Waals surface area (Å²) in [5.74, 6) is 0.541. The Kier molecular flexibility index (Phi) is 4.46. The molecule has 1 fully saturated rings. The summed E-state index contributed by atoms with van der Waals surface area (Å²) in [5, 5.41) is 18.2. The number of primary sulfonamides is 1. The fraction of sp³-hybridized carbons (Fsp3) is 0.571. The Morgan fingerprint density at radius 2 is 2.19 bits per heavy atom. The van der Waals surface area contributed by atoms with Crippen molar-refractivity contribution in [1.82, 2.24) is 0 Å². The molecule has 0 aliphatic heterocycles. The lowest BCUT2D eigenvalue weighted by Gasteiger charge is -2.40. The lowest BCUT2D eigenvalue weighted by atomic mass is 9.76. The normalized spacial score (nSPS) is 26.5. The van der Waals surface area contributed by atoms with Crippen molar-refractivity contribution in [2.45, 2.75) is 43.0 Å². The van der Waals surface area contributed by atoms with Crippen LogP contribution in [0.2, 0.25) is 0 Å². The van der Waals surface area contributed by atoms with Crippen molar-refractivity contribution in [3.63, 3.8) is 0 Å². The predicted octanol–water partition coefficient (Wildman–Crippen LogP) is 1.27. The van der Waals surface area contributed by atoms with Crippen LogP contribution in [0.25, 0.3) is 0 Å². The van der Waals surface area contributed by atoms with E-state index < -0.39 is 10.0 Å². The molecule has 1 aliphatic carbocycles. The van der Waals surface area contributed by atoms with E-state index in [1.807, 2.05) is 0 Å². The Morgan fingerprint density at radius 3 is 2.71 bits per heavy atom. The summed E-state index contributed by atoms with van der Waals surface area (Å²) in [7, 11) is -3.82. The predicted molar refractivity (Wildman–Crippen MR) is 83.3 cm³/mol. The fourth-order valence-corrected chi connectivity index (χ4v) is 3.79. The van der Waals surface area contributed by atoms with E-state index in [0.717, 1.165) is 25.7 Å². The van der Waals surface area contributed by atoms with Gasteiger partial charge in [-0.1, -0.05) is 19.8 Å². The molecule has 0 radical (unpaired) electrons. The van der Waals surface area contributed by atoms with Crippen LogP contribution < -0.4 is 16.2 Å². The molecule has 1 saturated carbocycles. The van der Waals surface area contributed by atoms with Gasteiger partial charge in [-0.15, -0.1) is 0 Å². The average molecular weight is 313 g/mol. The van der Waals surface area contributed by atoms with Crippen molar-refractivity contribution in [3.8, 4) is 0 Å². The first kappa shape index (κ1) is 16.1. The first-order valence-electron chi connectivity index (χ1n) is 7.07. The van der Waals surface area contributed by atoms with Crippen LogP contribution in [-0.4, -0.2) is 25.7 Å². The summed E-state index contributed by atoms with van der Waals surface area (Å²) in [6.07, 6.45) is 3.97. The SMILES string of the molecule is CC1CCCC(CO)(Nc2ccc(S(N)(=O)=O)c(N)c2)C1. The Morgan fingerprint density at radius 1 is 1.48 bits per heavy atom. The molecular formula is C14H23N3O3S. The van der Waals surface area contributed by atoms with E-state index in [4.69, 9.17) is 10.9 Å². The number of benzene rings is 1. The van der Waals surface area contributed by atoms with Gasteiger partial charge >= 0.3 is 0 Å². The van der Waals surface area contributed by atoms with Crippen LogP contribution in [0.3, 0.4) is 0 Å². The molecule has 0 amide bonds. The van der Waals surface area contributed by atoms with Gasteiger partial charge in [0.25, 0.3) is 0 Å². The van der Waals surface area contributed by atoms with Crippen LogP contribution in [0.5, 0.6) is 0 Å². The molecule has 1 aliphatic rings. The quantitative estimate of drug-likeness (QED) is 0.624. The fourth-order valence-electron chi connectivity index (χ4n) is 3.15. The highest BCUT2D eigenvalue weighted by molar-refractivity contribution is 7.89. The maximum Gasteiger partial charge on any atom is 0.240 e. The molecule has 0 heterocycles. The smallest absolute Gasteiger partial charge is 0.240 e. The van der Waals surface area contributed by atoms with Crippen molar-refractivity contribution in [3.05, 3.63) is 18.2 Å². The second kappa shape index (κ2) is 5.82. The number of anilines is 2. The average Bonchev–Trinajstić information content (AvgIpc) is 2.37. The highest BCUT2D eigenvalue weighted by atomic mass is 32.2. The topological polar surface area (TPSA) is 118 Å². The Labute approximate surface area is 125 Å². The summed E-state index contributed by atoms with van der Waals surface area (Å²) in [5.41, 5.74) is 6.20. The van der Waals surface area contributed by atoms with Gasteiger partial charge in [0.2, 0.25) is 10.0 Å². The molecule has 0 spiro atoms. The third-order valence-electron chi connectivity index (χ3n) is 4.12. The molecule has 118 valence electrons. The van der Waals surface area contributed by atoms with Gasteiger partial charge in [-0.3, -0.25) is 0 Å². The van der Waals surface area contributed by atoms with Crippen molar-refractivity contribution < 1.29 is 13.5 Å². The van der Waals surface area contributed by atoms with E-state index in [1.54, 1.807) is 12.1 Å². The Bertz CT molecular complexity index is 618. The lowest BCUT2D eigenvalue weighted by Crippen LogP contribution is -2.45. The van der Waals surface area contributed by atoms with E-state index >= 15 is 0 Å². The van der Waals surface area contributed by atoms with Crippen molar-refractivity contribution in [1.29, 1.82) is 0 Å². The molecule has 0 bridgehead atoms. The van der Waals surface area contributed by atoms with Gasteiger partial charge in [-0.05, 0) is 37.0 Å². The van der Waals surface area contributed by atoms with Crippen molar-refractivity contribution in [2.24, 2.45) is 11.1 Å². The first-order chi connectivity index (χ1) is 9.76. The van der Waals surface area contributed by atoms with E-state index in [1.165, 1.54) is 6.07 Å². The minimum atomic E-state index is -3.82. The van der Waals surface area contributed by atoms with Gasteiger partial charge in [0.05, 0.1) is 17.8 Å². The second-order valence-corrected chi connectivity index (χ2v) is 7.59. The maximum absolute atomic E-state index is 11.4. The number of nitrogens with one attached hydrogen (secondary N) is 1. The number of hydrogen-bond acceptors (Lipinski definition) is 5. The minimum absolute atomic E-state index is 0.0359. The first-order valence-corrected chi connectivity index (χ1v) is 8.62. The van der Waals surface area contributed by atoms with Crippen LogP contribution >= 0.6 is 0 Å². The molecular weight excluding hydrogens is 290 g/mol. The molecule has 7 heteroatoms. The number of hydrogen-bond donors (Lipinski definition) is 4. The number of rotatable bonds is 4. The Hall–Kier alpha value is -1.31. The number of nitrogen functional groups attached to an aromatic ring is 1.